The maximum absolute atomic E-state index is 5.48. The largest absolute Gasteiger partial charge is 0.382 e. The molecule has 1 rings (SSSR count). The zero-order chi connectivity index (χ0) is 14.4. The Bertz CT molecular complexity index is 235. The summed E-state index contributed by atoms with van der Waals surface area (Å²) in [5.74, 6) is 0. The van der Waals surface area contributed by atoms with E-state index < -0.39 is 0 Å². The highest BCUT2D eigenvalue weighted by Crippen LogP contribution is 2.45. The third-order valence-corrected chi connectivity index (χ3v) is 3.89. The van der Waals surface area contributed by atoms with Gasteiger partial charge in [-0.1, -0.05) is 27.7 Å². The van der Waals surface area contributed by atoms with Crippen LogP contribution >= 0.6 is 0 Å². The minimum atomic E-state index is 0.467. The van der Waals surface area contributed by atoms with Crippen LogP contribution in [-0.4, -0.2) is 39.5 Å². The smallest absolute Gasteiger partial charge is 0.0700 e. The summed E-state index contributed by atoms with van der Waals surface area (Å²) in [6, 6.07) is 0.665. The summed E-state index contributed by atoms with van der Waals surface area (Å²) >= 11 is 0. The summed E-state index contributed by atoms with van der Waals surface area (Å²) in [5, 5.41) is 3.71. The third kappa shape index (κ3) is 7.28. The summed E-state index contributed by atoms with van der Waals surface area (Å²) in [5.41, 5.74) is 0.933. The van der Waals surface area contributed by atoms with E-state index in [1.54, 1.807) is 7.11 Å². The van der Waals surface area contributed by atoms with E-state index in [1.807, 2.05) is 0 Å². The Hall–Kier alpha value is -0.120. The summed E-state index contributed by atoms with van der Waals surface area (Å²) < 4.78 is 10.4. The Morgan fingerprint density at radius 2 is 1.63 bits per heavy atom. The fourth-order valence-electron chi connectivity index (χ4n) is 3.72. The lowest BCUT2D eigenvalue weighted by atomic mass is 9.63. The van der Waals surface area contributed by atoms with Crippen molar-refractivity contribution in [3.05, 3.63) is 0 Å². The van der Waals surface area contributed by atoms with Gasteiger partial charge in [0.1, 0.15) is 0 Å². The number of hydrogen-bond acceptors (Lipinski definition) is 3. The second kappa shape index (κ2) is 7.61. The average molecular weight is 271 g/mol. The van der Waals surface area contributed by atoms with E-state index in [0.717, 1.165) is 19.6 Å². The van der Waals surface area contributed by atoms with Crippen molar-refractivity contribution in [1.82, 2.24) is 5.32 Å². The predicted molar refractivity (Wildman–Crippen MR) is 80.5 cm³/mol. The van der Waals surface area contributed by atoms with Crippen LogP contribution in [0.2, 0.25) is 0 Å². The number of rotatable bonds is 8. The second-order valence-corrected chi connectivity index (χ2v) is 7.52. The van der Waals surface area contributed by atoms with E-state index in [2.05, 4.69) is 33.0 Å². The molecule has 114 valence electrons. The first kappa shape index (κ1) is 16.9. The first-order valence-electron chi connectivity index (χ1n) is 7.65. The van der Waals surface area contributed by atoms with E-state index in [0.29, 0.717) is 30.1 Å². The van der Waals surface area contributed by atoms with Gasteiger partial charge in [-0.05, 0) is 43.1 Å². The van der Waals surface area contributed by atoms with Gasteiger partial charge >= 0.3 is 0 Å². The third-order valence-electron chi connectivity index (χ3n) is 3.89. The maximum atomic E-state index is 5.48. The summed E-state index contributed by atoms with van der Waals surface area (Å²) in [6.07, 6.45) is 5.00. The number of nitrogens with one attached hydrogen (secondary N) is 1. The van der Waals surface area contributed by atoms with Crippen molar-refractivity contribution in [1.29, 1.82) is 0 Å². The Balaban J connectivity index is 2.15. The molecule has 0 bridgehead atoms. The summed E-state index contributed by atoms with van der Waals surface area (Å²) in [6.45, 7) is 12.9. The number of methoxy groups -OCH3 is 1. The minimum absolute atomic E-state index is 0.467. The lowest BCUT2D eigenvalue weighted by Gasteiger charge is -2.45. The van der Waals surface area contributed by atoms with Crippen molar-refractivity contribution in [3.63, 3.8) is 0 Å². The standard InChI is InChI=1S/C16H33NO2/c1-15(2)11-14(12-16(3,4)13-15)17-7-6-8-19-10-9-18-5/h14,17H,6-13H2,1-5H3. The molecule has 0 aromatic heterocycles. The fourth-order valence-corrected chi connectivity index (χ4v) is 3.72. The lowest BCUT2D eigenvalue weighted by Crippen LogP contribution is -2.44. The molecule has 1 fully saturated rings. The molecule has 0 aliphatic heterocycles. The monoisotopic (exact) mass is 271 g/mol. The van der Waals surface area contributed by atoms with Gasteiger partial charge in [0, 0.05) is 19.8 Å². The molecule has 0 unspecified atom stereocenters. The Kier molecular flexibility index (Phi) is 6.78. The van der Waals surface area contributed by atoms with Crippen molar-refractivity contribution in [2.45, 2.75) is 59.4 Å². The topological polar surface area (TPSA) is 30.5 Å². The summed E-state index contributed by atoms with van der Waals surface area (Å²) in [7, 11) is 1.71. The van der Waals surface area contributed by atoms with Crippen molar-refractivity contribution in [2.24, 2.45) is 10.8 Å². The molecule has 0 radical (unpaired) electrons. The van der Waals surface area contributed by atoms with E-state index >= 15 is 0 Å². The minimum Gasteiger partial charge on any atom is -0.382 e. The van der Waals surface area contributed by atoms with Crippen LogP contribution in [0.1, 0.15) is 53.4 Å². The summed E-state index contributed by atoms with van der Waals surface area (Å²) in [4.78, 5) is 0. The van der Waals surface area contributed by atoms with Crippen molar-refractivity contribution >= 4 is 0 Å². The van der Waals surface area contributed by atoms with Gasteiger partial charge in [0.05, 0.1) is 13.2 Å². The van der Waals surface area contributed by atoms with Crippen molar-refractivity contribution in [3.8, 4) is 0 Å². The Labute approximate surface area is 119 Å². The highest BCUT2D eigenvalue weighted by atomic mass is 16.5. The van der Waals surface area contributed by atoms with Crippen molar-refractivity contribution in [2.75, 3.05) is 33.5 Å². The molecule has 0 aromatic carbocycles. The van der Waals surface area contributed by atoms with Crippen LogP contribution in [-0.2, 0) is 9.47 Å². The predicted octanol–water partition coefficient (Wildman–Crippen LogP) is 3.23. The van der Waals surface area contributed by atoms with Crippen LogP contribution in [0.4, 0.5) is 0 Å². The molecule has 1 saturated carbocycles. The molecule has 0 saturated heterocycles. The van der Waals surface area contributed by atoms with Gasteiger partial charge in [-0.15, -0.1) is 0 Å². The first-order valence-corrected chi connectivity index (χ1v) is 7.65. The number of ether oxygens (including phenoxy) is 2. The molecule has 0 heterocycles. The van der Waals surface area contributed by atoms with Gasteiger partial charge in [0.15, 0.2) is 0 Å². The van der Waals surface area contributed by atoms with Crippen LogP contribution in [0.25, 0.3) is 0 Å². The highest BCUT2D eigenvalue weighted by molar-refractivity contribution is 4.92. The molecule has 3 heteroatoms. The second-order valence-electron chi connectivity index (χ2n) is 7.52. The highest BCUT2D eigenvalue weighted by Gasteiger charge is 2.37. The average Bonchev–Trinajstić information content (AvgIpc) is 2.23. The zero-order valence-corrected chi connectivity index (χ0v) is 13.6. The van der Waals surface area contributed by atoms with Gasteiger partial charge in [0.25, 0.3) is 0 Å². The van der Waals surface area contributed by atoms with Gasteiger partial charge in [-0.2, -0.15) is 0 Å². The van der Waals surface area contributed by atoms with E-state index in [4.69, 9.17) is 9.47 Å². The van der Waals surface area contributed by atoms with E-state index in [-0.39, 0.29) is 0 Å². The van der Waals surface area contributed by atoms with Gasteiger partial charge in [-0.3, -0.25) is 0 Å². The van der Waals surface area contributed by atoms with Crippen LogP contribution < -0.4 is 5.32 Å². The van der Waals surface area contributed by atoms with Gasteiger partial charge < -0.3 is 14.8 Å². The molecule has 0 amide bonds. The zero-order valence-electron chi connectivity index (χ0n) is 13.6. The number of hydrogen-bond donors (Lipinski definition) is 1. The quantitative estimate of drug-likeness (QED) is 0.688. The van der Waals surface area contributed by atoms with Gasteiger partial charge in [-0.25, -0.2) is 0 Å². The van der Waals surface area contributed by atoms with Crippen LogP contribution in [0.3, 0.4) is 0 Å². The maximum Gasteiger partial charge on any atom is 0.0700 e. The fraction of sp³-hybridized carbons (Fsp3) is 1.00. The Morgan fingerprint density at radius 1 is 1.00 bits per heavy atom. The van der Waals surface area contributed by atoms with Gasteiger partial charge in [0.2, 0.25) is 0 Å². The lowest BCUT2D eigenvalue weighted by molar-refractivity contribution is 0.0652. The van der Waals surface area contributed by atoms with E-state index in [9.17, 15) is 0 Å². The van der Waals surface area contributed by atoms with Crippen molar-refractivity contribution < 1.29 is 9.47 Å². The first-order chi connectivity index (χ1) is 8.85. The molecule has 0 spiro atoms. The van der Waals surface area contributed by atoms with Crippen LogP contribution in [0.5, 0.6) is 0 Å². The molecule has 0 atom stereocenters. The molecule has 0 aromatic rings. The molecule has 1 aliphatic rings. The molecule has 1 N–H and O–H groups in total. The molecule has 3 nitrogen and oxygen atoms in total. The van der Waals surface area contributed by atoms with E-state index in [1.165, 1.54) is 19.3 Å². The molecular formula is C16H33NO2. The Morgan fingerprint density at radius 3 is 2.21 bits per heavy atom. The van der Waals surface area contributed by atoms with Crippen LogP contribution in [0.15, 0.2) is 0 Å². The molecular weight excluding hydrogens is 238 g/mol. The SMILES string of the molecule is COCCOCCCNC1CC(C)(C)CC(C)(C)C1. The molecule has 1 aliphatic carbocycles. The molecule has 19 heavy (non-hydrogen) atoms. The van der Waals surface area contributed by atoms with Crippen LogP contribution in [0, 0.1) is 10.8 Å². The normalized spacial score (nSPS) is 22.6.